The number of benzene rings is 1. The number of nitrogens with one attached hydrogen (secondary N) is 1. The van der Waals surface area contributed by atoms with Gasteiger partial charge in [0.2, 0.25) is 0 Å². The molecule has 1 heterocycles. The second kappa shape index (κ2) is 3.69. The summed E-state index contributed by atoms with van der Waals surface area (Å²) in [7, 11) is 0. The highest BCUT2D eigenvalue weighted by atomic mass is 16.1. The van der Waals surface area contributed by atoms with E-state index in [1.165, 1.54) is 5.56 Å². The fourth-order valence-electron chi connectivity index (χ4n) is 2.07. The zero-order chi connectivity index (χ0) is 11.0. The highest BCUT2D eigenvalue weighted by Gasteiger charge is 2.25. The number of fused-ring (bicyclic) bond motifs is 1. The van der Waals surface area contributed by atoms with Gasteiger partial charge in [0.15, 0.2) is 5.78 Å². The molecule has 0 spiro atoms. The summed E-state index contributed by atoms with van der Waals surface area (Å²) in [4.78, 5) is 12.0. The van der Waals surface area contributed by atoms with Crippen LogP contribution in [0.25, 0.3) is 0 Å². The summed E-state index contributed by atoms with van der Waals surface area (Å²) in [5.74, 6) is 0.819. The number of anilines is 1. The van der Waals surface area contributed by atoms with Crippen LogP contribution in [-0.2, 0) is 0 Å². The van der Waals surface area contributed by atoms with E-state index >= 15 is 0 Å². The molecule has 0 saturated heterocycles. The Hall–Kier alpha value is -1.31. The minimum absolute atomic E-state index is 0.0971. The maximum atomic E-state index is 12.0. The number of para-hydroxylation sites is 1. The molecule has 2 heteroatoms. The first kappa shape index (κ1) is 10.2. The molecule has 80 valence electrons. The number of carbonyl (C=O) groups excluding carboxylic acids is 1. The topological polar surface area (TPSA) is 29.1 Å². The van der Waals surface area contributed by atoms with Gasteiger partial charge in [-0.1, -0.05) is 32.9 Å². The molecular formula is C13H17NO. The second-order valence-corrected chi connectivity index (χ2v) is 4.57. The minimum atomic E-state index is 0.0971. The van der Waals surface area contributed by atoms with Crippen LogP contribution in [0.4, 0.5) is 5.69 Å². The molecule has 1 aromatic rings. The number of carbonyl (C=O) groups is 1. The molecule has 1 aliphatic rings. The van der Waals surface area contributed by atoms with Crippen molar-refractivity contribution in [2.45, 2.75) is 26.7 Å². The zero-order valence-electron chi connectivity index (χ0n) is 9.50. The molecule has 0 aromatic heterocycles. The van der Waals surface area contributed by atoms with Crippen molar-refractivity contribution in [1.82, 2.24) is 0 Å². The fraction of sp³-hybridized carbons (Fsp3) is 0.462. The zero-order valence-corrected chi connectivity index (χ0v) is 9.50. The number of Topliss-reactive ketones (excluding diaryl/α,β-unsaturated/α-hetero) is 1. The summed E-state index contributed by atoms with van der Waals surface area (Å²) in [6.07, 6.45) is 0. The van der Waals surface area contributed by atoms with Crippen LogP contribution in [0, 0.1) is 5.92 Å². The van der Waals surface area contributed by atoms with Gasteiger partial charge in [-0.2, -0.15) is 0 Å². The lowest BCUT2D eigenvalue weighted by molar-refractivity contribution is 0.0932. The van der Waals surface area contributed by atoms with Crippen LogP contribution in [-0.4, -0.2) is 12.3 Å². The molecule has 1 N–H and O–H groups in total. The van der Waals surface area contributed by atoms with Crippen molar-refractivity contribution in [2.75, 3.05) is 11.9 Å². The Labute approximate surface area is 90.7 Å². The number of hydrogen-bond acceptors (Lipinski definition) is 2. The Kier molecular flexibility index (Phi) is 2.51. The van der Waals surface area contributed by atoms with Crippen LogP contribution in [0.5, 0.6) is 0 Å². The Balaban J connectivity index is 2.53. The normalized spacial score (nSPS) is 20.0. The summed E-state index contributed by atoms with van der Waals surface area (Å²) >= 11 is 0. The number of rotatable bonds is 1. The molecule has 0 aliphatic carbocycles. The molecule has 0 amide bonds. The third-order valence-electron chi connectivity index (χ3n) is 3.02. The van der Waals surface area contributed by atoms with E-state index in [4.69, 9.17) is 0 Å². The van der Waals surface area contributed by atoms with Gasteiger partial charge >= 0.3 is 0 Å². The van der Waals surface area contributed by atoms with E-state index in [-0.39, 0.29) is 11.7 Å². The van der Waals surface area contributed by atoms with Crippen LogP contribution in [0.3, 0.4) is 0 Å². The van der Waals surface area contributed by atoms with Gasteiger partial charge in [0.25, 0.3) is 0 Å². The number of ketones is 1. The Morgan fingerprint density at radius 2 is 2.13 bits per heavy atom. The summed E-state index contributed by atoms with van der Waals surface area (Å²) in [5, 5.41) is 3.37. The quantitative estimate of drug-likeness (QED) is 0.760. The van der Waals surface area contributed by atoms with Gasteiger partial charge in [-0.15, -0.1) is 0 Å². The van der Waals surface area contributed by atoms with E-state index < -0.39 is 0 Å². The molecule has 1 aliphatic heterocycles. The smallest absolute Gasteiger partial charge is 0.169 e. The third-order valence-corrected chi connectivity index (χ3v) is 3.02. The van der Waals surface area contributed by atoms with Crippen LogP contribution < -0.4 is 5.32 Å². The summed E-state index contributed by atoms with van der Waals surface area (Å²) < 4.78 is 0. The Bertz CT molecular complexity index is 396. The summed E-state index contributed by atoms with van der Waals surface area (Å²) in [5.41, 5.74) is 3.16. The predicted octanol–water partition coefficient (Wildman–Crippen LogP) is 3.05. The molecule has 0 fully saturated rings. The molecular weight excluding hydrogens is 186 g/mol. The standard InChI is InChI=1S/C13H17NO/c1-8(2)10-5-4-6-11-12(10)14-7-9(3)13(11)15/h4-6,8-9,14H,7H2,1-3H3. The largest absolute Gasteiger partial charge is 0.383 e. The van der Waals surface area contributed by atoms with Gasteiger partial charge in [-0.05, 0) is 17.5 Å². The average Bonchev–Trinajstić information content (AvgIpc) is 2.23. The first-order chi connectivity index (χ1) is 7.11. The lowest BCUT2D eigenvalue weighted by Crippen LogP contribution is -2.28. The Morgan fingerprint density at radius 3 is 2.80 bits per heavy atom. The second-order valence-electron chi connectivity index (χ2n) is 4.57. The SMILES string of the molecule is CC1CNc2c(cccc2C(C)C)C1=O. The minimum Gasteiger partial charge on any atom is -0.383 e. The fourth-order valence-corrected chi connectivity index (χ4v) is 2.07. The van der Waals surface area contributed by atoms with Gasteiger partial charge in [0.05, 0.1) is 0 Å². The van der Waals surface area contributed by atoms with Crippen molar-refractivity contribution in [3.63, 3.8) is 0 Å². The highest BCUT2D eigenvalue weighted by Crippen LogP contribution is 2.32. The van der Waals surface area contributed by atoms with Crippen molar-refractivity contribution >= 4 is 11.5 Å². The van der Waals surface area contributed by atoms with Crippen molar-refractivity contribution in [3.05, 3.63) is 29.3 Å². The van der Waals surface area contributed by atoms with Crippen molar-refractivity contribution in [2.24, 2.45) is 5.92 Å². The molecule has 0 radical (unpaired) electrons. The van der Waals surface area contributed by atoms with E-state index in [0.717, 1.165) is 17.8 Å². The van der Waals surface area contributed by atoms with Crippen LogP contribution in [0.2, 0.25) is 0 Å². The van der Waals surface area contributed by atoms with Gasteiger partial charge in [-0.25, -0.2) is 0 Å². The van der Waals surface area contributed by atoms with E-state index in [1.54, 1.807) is 0 Å². The van der Waals surface area contributed by atoms with Gasteiger partial charge in [0.1, 0.15) is 0 Å². The monoisotopic (exact) mass is 203 g/mol. The molecule has 1 atom stereocenters. The van der Waals surface area contributed by atoms with E-state index in [9.17, 15) is 4.79 Å². The summed E-state index contributed by atoms with van der Waals surface area (Å²) in [6.45, 7) is 7.04. The maximum Gasteiger partial charge on any atom is 0.169 e. The molecule has 1 unspecified atom stereocenters. The molecule has 2 rings (SSSR count). The molecule has 0 saturated carbocycles. The lowest BCUT2D eigenvalue weighted by atomic mass is 9.89. The van der Waals surface area contributed by atoms with Gasteiger partial charge < -0.3 is 5.32 Å². The summed E-state index contributed by atoms with van der Waals surface area (Å²) in [6, 6.07) is 6.00. The maximum absolute atomic E-state index is 12.0. The molecule has 2 nitrogen and oxygen atoms in total. The van der Waals surface area contributed by atoms with Crippen LogP contribution >= 0.6 is 0 Å². The van der Waals surface area contributed by atoms with E-state index in [2.05, 4.69) is 25.2 Å². The van der Waals surface area contributed by atoms with E-state index in [0.29, 0.717) is 5.92 Å². The lowest BCUT2D eigenvalue weighted by Gasteiger charge is -2.25. The predicted molar refractivity (Wildman–Crippen MR) is 62.5 cm³/mol. The molecule has 15 heavy (non-hydrogen) atoms. The van der Waals surface area contributed by atoms with Crippen LogP contribution in [0.1, 0.15) is 42.6 Å². The van der Waals surface area contributed by atoms with E-state index in [1.807, 2.05) is 19.1 Å². The van der Waals surface area contributed by atoms with Crippen molar-refractivity contribution in [3.8, 4) is 0 Å². The third kappa shape index (κ3) is 1.65. The highest BCUT2D eigenvalue weighted by molar-refractivity contribution is 6.05. The average molecular weight is 203 g/mol. The number of hydrogen-bond donors (Lipinski definition) is 1. The first-order valence-corrected chi connectivity index (χ1v) is 5.52. The van der Waals surface area contributed by atoms with Crippen molar-refractivity contribution < 1.29 is 4.79 Å². The van der Waals surface area contributed by atoms with Gasteiger partial charge in [0, 0.05) is 23.7 Å². The van der Waals surface area contributed by atoms with Gasteiger partial charge in [-0.3, -0.25) is 4.79 Å². The molecule has 0 bridgehead atoms. The molecule has 1 aromatic carbocycles. The van der Waals surface area contributed by atoms with Crippen LogP contribution in [0.15, 0.2) is 18.2 Å². The van der Waals surface area contributed by atoms with Crippen molar-refractivity contribution in [1.29, 1.82) is 0 Å². The first-order valence-electron chi connectivity index (χ1n) is 5.52. The Morgan fingerprint density at radius 1 is 1.40 bits per heavy atom.